The molecular weight excluding hydrogens is 294 g/mol. The third-order valence-electron chi connectivity index (χ3n) is 5.20. The second kappa shape index (κ2) is 4.80. The monoisotopic (exact) mass is 317 g/mol. The molecule has 1 fully saturated rings. The van der Waals surface area contributed by atoms with E-state index in [1.54, 1.807) is 12.3 Å². The maximum atomic E-state index is 12.4. The number of hydrogen-bond donors (Lipinski definition) is 2. The summed E-state index contributed by atoms with van der Waals surface area (Å²) in [5.74, 6) is 0.335. The molecule has 1 aliphatic carbocycles. The van der Waals surface area contributed by atoms with Gasteiger partial charge in [-0.15, -0.1) is 11.3 Å². The third kappa shape index (κ3) is 2.32. The number of rotatable bonds is 5. The minimum atomic E-state index is -3.55. The van der Waals surface area contributed by atoms with Crippen molar-refractivity contribution in [1.29, 1.82) is 0 Å². The molecule has 4 nitrogen and oxygen atoms in total. The van der Waals surface area contributed by atoms with Gasteiger partial charge >= 0.3 is 0 Å². The van der Waals surface area contributed by atoms with Crippen LogP contribution in [0.4, 0.5) is 0 Å². The molecule has 0 atom stereocenters. The van der Waals surface area contributed by atoms with Crippen LogP contribution in [0.15, 0.2) is 10.3 Å². The molecule has 0 amide bonds. The van der Waals surface area contributed by atoms with Crippen molar-refractivity contribution in [1.82, 2.24) is 4.72 Å². The highest BCUT2D eigenvalue weighted by Crippen LogP contribution is 2.68. The van der Waals surface area contributed by atoms with E-state index in [-0.39, 0.29) is 22.3 Å². The summed E-state index contributed by atoms with van der Waals surface area (Å²) in [6.07, 6.45) is 0. The van der Waals surface area contributed by atoms with Gasteiger partial charge in [0.25, 0.3) is 0 Å². The van der Waals surface area contributed by atoms with Gasteiger partial charge in [0.05, 0.1) is 11.5 Å². The van der Waals surface area contributed by atoms with Crippen LogP contribution in [0.2, 0.25) is 0 Å². The summed E-state index contributed by atoms with van der Waals surface area (Å²) < 4.78 is 27.6. The zero-order valence-corrected chi connectivity index (χ0v) is 14.3. The molecular formula is C14H23NO3S2. The summed E-state index contributed by atoms with van der Waals surface area (Å²) in [6.45, 7) is 10.6. The van der Waals surface area contributed by atoms with Crippen molar-refractivity contribution in [2.24, 2.45) is 16.7 Å². The lowest BCUT2D eigenvalue weighted by Crippen LogP contribution is -2.28. The van der Waals surface area contributed by atoms with Crippen molar-refractivity contribution in [3.8, 4) is 0 Å². The highest BCUT2D eigenvalue weighted by Gasteiger charge is 2.64. The van der Waals surface area contributed by atoms with Crippen LogP contribution in [0.25, 0.3) is 0 Å². The van der Waals surface area contributed by atoms with E-state index in [0.29, 0.717) is 22.9 Å². The summed E-state index contributed by atoms with van der Waals surface area (Å²) in [7, 11) is -3.55. The summed E-state index contributed by atoms with van der Waals surface area (Å²) in [6, 6.07) is 0. The molecule has 114 valence electrons. The fourth-order valence-electron chi connectivity index (χ4n) is 3.07. The number of nitrogens with one attached hydrogen (secondary N) is 1. The number of aliphatic hydroxyl groups excluding tert-OH is 1. The Labute approximate surface area is 125 Å². The number of sulfonamides is 1. The van der Waals surface area contributed by atoms with Gasteiger partial charge in [0.1, 0.15) is 4.90 Å². The van der Waals surface area contributed by atoms with Crippen LogP contribution in [0.1, 0.15) is 38.1 Å². The number of thiophene rings is 1. The fraction of sp³-hybridized carbons (Fsp3) is 0.714. The minimum absolute atomic E-state index is 0.152. The molecule has 2 rings (SSSR count). The van der Waals surface area contributed by atoms with E-state index >= 15 is 0 Å². The summed E-state index contributed by atoms with van der Waals surface area (Å²) >= 11 is 1.28. The van der Waals surface area contributed by atoms with Crippen molar-refractivity contribution in [2.45, 2.75) is 46.1 Å². The van der Waals surface area contributed by atoms with Crippen LogP contribution in [0.5, 0.6) is 0 Å². The van der Waals surface area contributed by atoms with Gasteiger partial charge in [0, 0.05) is 6.54 Å². The van der Waals surface area contributed by atoms with Gasteiger partial charge in [0.2, 0.25) is 10.0 Å². The average molecular weight is 317 g/mol. The Morgan fingerprint density at radius 1 is 1.30 bits per heavy atom. The lowest BCUT2D eigenvalue weighted by atomic mass is 10.0. The van der Waals surface area contributed by atoms with Crippen LogP contribution in [-0.2, 0) is 16.6 Å². The molecule has 0 unspecified atom stereocenters. The smallest absolute Gasteiger partial charge is 0.242 e. The molecule has 1 aliphatic rings. The van der Waals surface area contributed by atoms with Gasteiger partial charge < -0.3 is 5.11 Å². The van der Waals surface area contributed by atoms with Crippen LogP contribution in [0.3, 0.4) is 0 Å². The van der Waals surface area contributed by atoms with Crippen LogP contribution >= 0.6 is 11.3 Å². The normalized spacial score (nSPS) is 21.1. The van der Waals surface area contributed by atoms with E-state index in [1.807, 2.05) is 0 Å². The van der Waals surface area contributed by atoms with Crippen molar-refractivity contribution >= 4 is 21.4 Å². The molecule has 1 saturated carbocycles. The van der Waals surface area contributed by atoms with Gasteiger partial charge in [-0.05, 0) is 34.6 Å². The van der Waals surface area contributed by atoms with E-state index in [2.05, 4.69) is 32.4 Å². The van der Waals surface area contributed by atoms with Crippen LogP contribution in [-0.4, -0.2) is 20.1 Å². The zero-order valence-electron chi connectivity index (χ0n) is 12.6. The molecule has 6 heteroatoms. The summed E-state index contributed by atoms with van der Waals surface area (Å²) in [5, 5.41) is 11.0. The molecule has 1 heterocycles. The average Bonchev–Trinajstić information content (AvgIpc) is 2.63. The number of aryl methyl sites for hydroxylation is 1. The first-order valence-electron chi connectivity index (χ1n) is 6.73. The molecule has 20 heavy (non-hydrogen) atoms. The Balaban J connectivity index is 2.16. The Morgan fingerprint density at radius 3 is 2.30 bits per heavy atom. The highest BCUT2D eigenvalue weighted by atomic mass is 32.2. The second-order valence-electron chi connectivity index (χ2n) is 6.68. The molecule has 0 saturated heterocycles. The molecule has 0 spiro atoms. The summed E-state index contributed by atoms with van der Waals surface area (Å²) in [5.41, 5.74) is 0.999. The molecule has 0 bridgehead atoms. The second-order valence-corrected chi connectivity index (χ2v) is 9.34. The van der Waals surface area contributed by atoms with E-state index in [4.69, 9.17) is 0 Å². The van der Waals surface area contributed by atoms with E-state index in [9.17, 15) is 13.5 Å². The standard InChI is InChI=1S/C14H23NO3S2/c1-9-8-19-10(7-16)12(9)20(17,18)15-6-11-13(2,3)14(11,4)5/h8,11,15-16H,6-7H2,1-5H3. The number of aliphatic hydroxyl groups is 1. The third-order valence-corrected chi connectivity index (χ3v) is 8.07. The molecule has 2 N–H and O–H groups in total. The SMILES string of the molecule is Cc1csc(CO)c1S(=O)(=O)NCC1C(C)(C)C1(C)C. The maximum Gasteiger partial charge on any atom is 0.242 e. The molecule has 1 aromatic rings. The van der Waals surface area contributed by atoms with Gasteiger partial charge in [-0.25, -0.2) is 13.1 Å². The first-order chi connectivity index (χ1) is 9.05. The first kappa shape index (κ1) is 15.9. The summed E-state index contributed by atoms with van der Waals surface area (Å²) in [4.78, 5) is 0.755. The Morgan fingerprint density at radius 2 is 1.85 bits per heavy atom. The molecule has 1 aromatic heterocycles. The van der Waals surface area contributed by atoms with E-state index in [1.165, 1.54) is 11.3 Å². The van der Waals surface area contributed by atoms with Gasteiger partial charge in [0.15, 0.2) is 0 Å². The van der Waals surface area contributed by atoms with Crippen molar-refractivity contribution in [3.05, 3.63) is 15.8 Å². The van der Waals surface area contributed by atoms with Crippen molar-refractivity contribution in [3.63, 3.8) is 0 Å². The predicted molar refractivity (Wildman–Crippen MR) is 81.2 cm³/mol. The quantitative estimate of drug-likeness (QED) is 0.877. The van der Waals surface area contributed by atoms with E-state index in [0.717, 1.165) is 0 Å². The van der Waals surface area contributed by atoms with Gasteiger partial charge in [-0.1, -0.05) is 27.7 Å². The molecule has 0 aliphatic heterocycles. The van der Waals surface area contributed by atoms with Gasteiger partial charge in [-0.3, -0.25) is 0 Å². The predicted octanol–water partition coefficient (Wildman–Crippen LogP) is 2.51. The lowest BCUT2D eigenvalue weighted by molar-refractivity contribution is 0.282. The highest BCUT2D eigenvalue weighted by molar-refractivity contribution is 7.89. The zero-order chi connectivity index (χ0) is 15.3. The number of hydrogen-bond acceptors (Lipinski definition) is 4. The Bertz CT molecular complexity index is 600. The largest absolute Gasteiger partial charge is 0.391 e. The van der Waals surface area contributed by atoms with Crippen LogP contribution in [0, 0.1) is 23.7 Å². The topological polar surface area (TPSA) is 66.4 Å². The fourth-order valence-corrected chi connectivity index (χ4v) is 5.77. The Hall–Kier alpha value is -0.430. The van der Waals surface area contributed by atoms with Crippen LogP contribution < -0.4 is 4.72 Å². The lowest BCUT2D eigenvalue weighted by Gasteiger charge is -2.09. The van der Waals surface area contributed by atoms with E-state index < -0.39 is 10.0 Å². The van der Waals surface area contributed by atoms with Crippen molar-refractivity contribution in [2.75, 3.05) is 6.54 Å². The molecule has 0 aromatic carbocycles. The Kier molecular flexibility index (Phi) is 3.83. The van der Waals surface area contributed by atoms with Gasteiger partial charge in [-0.2, -0.15) is 0 Å². The maximum absolute atomic E-state index is 12.4. The molecule has 0 radical (unpaired) electrons. The minimum Gasteiger partial charge on any atom is -0.391 e. The first-order valence-corrected chi connectivity index (χ1v) is 9.09. The van der Waals surface area contributed by atoms with Crippen molar-refractivity contribution < 1.29 is 13.5 Å².